The molecule has 0 spiro atoms. The predicted octanol–water partition coefficient (Wildman–Crippen LogP) is 1.31. The van der Waals surface area contributed by atoms with Crippen LogP contribution in [0.3, 0.4) is 0 Å². The van der Waals surface area contributed by atoms with Gasteiger partial charge in [-0.05, 0) is 18.6 Å². The zero-order valence-electron chi connectivity index (χ0n) is 12.3. The number of hydrogen-bond donors (Lipinski definition) is 4. The van der Waals surface area contributed by atoms with E-state index in [-0.39, 0.29) is 5.84 Å². The maximum Gasteiger partial charge on any atom is 0.170 e. The molecule has 1 aromatic carbocycles. The molecular formula is C14H22ClN3O3. The van der Waals surface area contributed by atoms with Gasteiger partial charge in [-0.2, -0.15) is 0 Å². The number of methoxy groups -OCH3 is 1. The first-order valence-corrected chi connectivity index (χ1v) is 6.96. The maximum absolute atomic E-state index is 10.1. The molecule has 0 bridgehead atoms. The molecule has 1 rings (SSSR count). The van der Waals surface area contributed by atoms with Gasteiger partial charge in [-0.25, -0.2) is 0 Å². The van der Waals surface area contributed by atoms with Crippen molar-refractivity contribution in [3.05, 3.63) is 34.3 Å². The molecule has 1 unspecified atom stereocenters. The molecule has 5 N–H and O–H groups in total. The molecule has 6 nitrogen and oxygen atoms in total. The van der Waals surface area contributed by atoms with E-state index in [0.717, 1.165) is 5.56 Å². The number of ether oxygens (including phenoxy) is 1. The number of nitrogens with two attached hydrogens (primary N) is 1. The molecule has 118 valence electrons. The minimum atomic E-state index is -0.837. The Bertz CT molecular complexity index is 492. The van der Waals surface area contributed by atoms with Crippen molar-refractivity contribution < 1.29 is 15.1 Å². The number of nitrogens with one attached hydrogen (secondary N) is 1. The molecular weight excluding hydrogens is 294 g/mol. The van der Waals surface area contributed by atoms with Crippen molar-refractivity contribution in [2.24, 2.45) is 10.9 Å². The summed E-state index contributed by atoms with van der Waals surface area (Å²) < 4.78 is 4.96. The third-order valence-electron chi connectivity index (χ3n) is 3.12. The van der Waals surface area contributed by atoms with Crippen LogP contribution in [-0.2, 0) is 11.3 Å². The molecule has 21 heavy (non-hydrogen) atoms. The molecule has 0 saturated carbocycles. The Balaban J connectivity index is 2.56. The van der Waals surface area contributed by atoms with Gasteiger partial charge >= 0.3 is 0 Å². The number of aliphatic hydroxyl groups is 1. The predicted molar refractivity (Wildman–Crippen MR) is 82.8 cm³/mol. The molecule has 0 saturated heterocycles. The summed E-state index contributed by atoms with van der Waals surface area (Å²) in [5, 5.41) is 25.3. The van der Waals surface area contributed by atoms with Crippen LogP contribution in [0.2, 0.25) is 5.02 Å². The molecule has 0 aliphatic carbocycles. The van der Waals surface area contributed by atoms with Gasteiger partial charge in [0.1, 0.15) is 0 Å². The molecule has 0 aromatic heterocycles. The maximum atomic E-state index is 10.1. The third-order valence-corrected chi connectivity index (χ3v) is 3.47. The second-order valence-corrected chi connectivity index (χ2v) is 5.54. The Morgan fingerprint density at radius 2 is 2.24 bits per heavy atom. The Morgan fingerprint density at radius 1 is 1.52 bits per heavy atom. The number of oxime groups is 1. The first kappa shape index (κ1) is 17.7. The van der Waals surface area contributed by atoms with E-state index in [4.69, 9.17) is 27.3 Å². The van der Waals surface area contributed by atoms with Crippen molar-refractivity contribution in [2.45, 2.75) is 25.5 Å². The first-order chi connectivity index (χ1) is 9.89. The van der Waals surface area contributed by atoms with Gasteiger partial charge in [0.2, 0.25) is 0 Å². The lowest BCUT2D eigenvalue weighted by Crippen LogP contribution is -2.38. The number of hydrogen-bond acceptors (Lipinski definition) is 5. The van der Waals surface area contributed by atoms with Crippen molar-refractivity contribution in [3.63, 3.8) is 0 Å². The van der Waals surface area contributed by atoms with Crippen molar-refractivity contribution >= 4 is 17.4 Å². The summed E-state index contributed by atoms with van der Waals surface area (Å²) >= 11 is 6.15. The molecule has 1 aromatic rings. The minimum absolute atomic E-state index is 0.0129. The zero-order valence-corrected chi connectivity index (χ0v) is 13.0. The van der Waals surface area contributed by atoms with Crippen LogP contribution in [-0.4, -0.2) is 42.0 Å². The number of halogens is 1. The SMILES string of the molecule is COCCC(C)(O)CNCc1ccc(/C(N)=N/O)cc1Cl. The van der Waals surface area contributed by atoms with Crippen LogP contribution in [0.4, 0.5) is 0 Å². The Hall–Kier alpha value is -1.34. The first-order valence-electron chi connectivity index (χ1n) is 6.58. The van der Waals surface area contributed by atoms with Gasteiger partial charge in [0.15, 0.2) is 5.84 Å². The number of nitrogens with zero attached hydrogens (tertiary/aromatic N) is 1. The van der Waals surface area contributed by atoms with Crippen LogP contribution in [0.1, 0.15) is 24.5 Å². The second kappa shape index (κ2) is 8.19. The minimum Gasteiger partial charge on any atom is -0.409 e. The van der Waals surface area contributed by atoms with E-state index in [1.54, 1.807) is 32.2 Å². The summed E-state index contributed by atoms with van der Waals surface area (Å²) in [5.41, 5.74) is 6.08. The smallest absolute Gasteiger partial charge is 0.170 e. The molecule has 0 heterocycles. The van der Waals surface area contributed by atoms with Crippen LogP contribution < -0.4 is 11.1 Å². The summed E-state index contributed by atoms with van der Waals surface area (Å²) in [7, 11) is 1.60. The topological polar surface area (TPSA) is 100 Å². The number of amidine groups is 1. The largest absolute Gasteiger partial charge is 0.409 e. The highest BCUT2D eigenvalue weighted by atomic mass is 35.5. The molecule has 7 heteroatoms. The fourth-order valence-corrected chi connectivity index (χ4v) is 2.03. The zero-order chi connectivity index (χ0) is 15.9. The van der Waals surface area contributed by atoms with Crippen LogP contribution >= 0.6 is 11.6 Å². The van der Waals surface area contributed by atoms with Gasteiger partial charge < -0.3 is 26.1 Å². The molecule has 0 radical (unpaired) electrons. The summed E-state index contributed by atoms with van der Waals surface area (Å²) in [5.74, 6) is 0.0129. The highest BCUT2D eigenvalue weighted by Gasteiger charge is 2.19. The van der Waals surface area contributed by atoms with Crippen molar-refractivity contribution in [3.8, 4) is 0 Å². The van der Waals surface area contributed by atoms with Crippen molar-refractivity contribution in [1.29, 1.82) is 0 Å². The van der Waals surface area contributed by atoms with Crippen molar-refractivity contribution in [2.75, 3.05) is 20.3 Å². The van der Waals surface area contributed by atoms with E-state index in [0.29, 0.717) is 36.7 Å². The lowest BCUT2D eigenvalue weighted by atomic mass is 10.0. The average molecular weight is 316 g/mol. The normalized spacial score (nSPS) is 15.0. The Kier molecular flexibility index (Phi) is 6.91. The fraction of sp³-hybridized carbons (Fsp3) is 0.500. The van der Waals surface area contributed by atoms with Gasteiger partial charge in [-0.1, -0.05) is 28.9 Å². The quantitative estimate of drug-likeness (QED) is 0.251. The van der Waals surface area contributed by atoms with E-state index in [9.17, 15) is 5.11 Å². The standard InChI is InChI=1S/C14H22ClN3O3/c1-14(19,5-6-21-2)9-17-8-11-4-3-10(7-12(11)15)13(16)18-20/h3-4,7,17,19-20H,5-6,8-9H2,1-2H3,(H2,16,18). The molecule has 0 fully saturated rings. The van der Waals surface area contributed by atoms with E-state index >= 15 is 0 Å². The van der Waals surface area contributed by atoms with Crippen LogP contribution in [0.5, 0.6) is 0 Å². The van der Waals surface area contributed by atoms with Gasteiger partial charge in [0.25, 0.3) is 0 Å². The van der Waals surface area contributed by atoms with Crippen LogP contribution in [0, 0.1) is 0 Å². The van der Waals surface area contributed by atoms with Crippen molar-refractivity contribution in [1.82, 2.24) is 5.32 Å². The average Bonchev–Trinajstić information content (AvgIpc) is 2.46. The van der Waals surface area contributed by atoms with E-state index < -0.39 is 5.60 Å². The molecule has 0 aliphatic heterocycles. The van der Waals surface area contributed by atoms with Gasteiger partial charge in [-0.15, -0.1) is 0 Å². The van der Waals surface area contributed by atoms with Gasteiger partial charge in [0.05, 0.1) is 5.60 Å². The van der Waals surface area contributed by atoms with E-state index in [1.165, 1.54) is 0 Å². The summed E-state index contributed by atoms with van der Waals surface area (Å²) in [6.45, 7) is 3.19. The molecule has 0 amide bonds. The number of benzene rings is 1. The van der Waals surface area contributed by atoms with Crippen LogP contribution in [0.15, 0.2) is 23.4 Å². The monoisotopic (exact) mass is 315 g/mol. The summed E-state index contributed by atoms with van der Waals surface area (Å²) in [6, 6.07) is 5.16. The second-order valence-electron chi connectivity index (χ2n) is 5.13. The van der Waals surface area contributed by atoms with Crippen LogP contribution in [0.25, 0.3) is 0 Å². The fourth-order valence-electron chi connectivity index (χ4n) is 1.78. The Labute approximate surface area is 129 Å². The highest BCUT2D eigenvalue weighted by Crippen LogP contribution is 2.18. The third kappa shape index (κ3) is 5.89. The number of rotatable bonds is 8. The molecule has 0 aliphatic rings. The van der Waals surface area contributed by atoms with Gasteiger partial charge in [0, 0.05) is 43.8 Å². The lowest BCUT2D eigenvalue weighted by Gasteiger charge is -2.23. The summed E-state index contributed by atoms with van der Waals surface area (Å²) in [4.78, 5) is 0. The van der Waals surface area contributed by atoms with E-state index in [2.05, 4.69) is 10.5 Å². The summed E-state index contributed by atoms with van der Waals surface area (Å²) in [6.07, 6.45) is 0.548. The highest BCUT2D eigenvalue weighted by molar-refractivity contribution is 6.31. The molecule has 1 atom stereocenters. The Morgan fingerprint density at radius 3 is 2.81 bits per heavy atom. The van der Waals surface area contributed by atoms with Gasteiger partial charge in [-0.3, -0.25) is 0 Å². The van der Waals surface area contributed by atoms with E-state index in [1.807, 2.05) is 0 Å². The lowest BCUT2D eigenvalue weighted by molar-refractivity contribution is 0.0247.